The number of hydrogen-bond acceptors (Lipinski definition) is 6. The van der Waals surface area contributed by atoms with Crippen molar-refractivity contribution in [3.05, 3.63) is 66.1 Å². The van der Waals surface area contributed by atoms with Crippen LogP contribution in [0.15, 0.2) is 54.9 Å². The van der Waals surface area contributed by atoms with Gasteiger partial charge in [0.15, 0.2) is 5.65 Å². The maximum atomic E-state index is 13.0. The Hall–Kier alpha value is -3.98. The lowest BCUT2D eigenvalue weighted by Crippen LogP contribution is -2.51. The highest BCUT2D eigenvalue weighted by Gasteiger charge is 2.45. The van der Waals surface area contributed by atoms with E-state index >= 15 is 0 Å². The van der Waals surface area contributed by atoms with Crippen molar-refractivity contribution in [2.24, 2.45) is 0 Å². The van der Waals surface area contributed by atoms with E-state index in [1.165, 1.54) is 5.56 Å². The molecule has 1 unspecified atom stereocenters. The summed E-state index contributed by atoms with van der Waals surface area (Å²) < 4.78 is 6.92. The minimum atomic E-state index is 0.0258. The van der Waals surface area contributed by atoms with Crippen LogP contribution in [0.3, 0.4) is 0 Å². The van der Waals surface area contributed by atoms with Gasteiger partial charge in [-0.15, -0.1) is 0 Å². The predicted octanol–water partition coefficient (Wildman–Crippen LogP) is 4.98. The SMILES string of the molecule is COCCNC(=O)N1C2CC[C@H]1C[C@@H](c1nc3c(-c4ccc(-c5ccccc5)nc4)cnn3c(N)c1C1CC1)C2. The zero-order valence-electron chi connectivity index (χ0n) is 22.8. The number of ether oxygens (including phenoxy) is 1. The van der Waals surface area contributed by atoms with Crippen LogP contribution in [0.5, 0.6) is 0 Å². The Balaban J connectivity index is 1.22. The molecule has 3 fully saturated rings. The molecule has 2 saturated heterocycles. The molecule has 2 amide bonds. The van der Waals surface area contributed by atoms with E-state index in [1.54, 1.807) is 7.11 Å². The number of anilines is 1. The van der Waals surface area contributed by atoms with Gasteiger partial charge >= 0.3 is 6.03 Å². The summed E-state index contributed by atoms with van der Waals surface area (Å²) in [5.41, 5.74) is 13.8. The van der Waals surface area contributed by atoms with Gasteiger partial charge in [-0.3, -0.25) is 4.98 Å². The number of amides is 2. The lowest BCUT2D eigenvalue weighted by atomic mass is 9.85. The number of nitrogens with one attached hydrogen (secondary N) is 1. The van der Waals surface area contributed by atoms with E-state index in [9.17, 15) is 4.79 Å². The number of piperidine rings is 1. The number of carbonyl (C=O) groups excluding carboxylic acids is 1. The number of carbonyl (C=O) groups is 1. The van der Waals surface area contributed by atoms with E-state index in [0.717, 1.165) is 72.3 Å². The third kappa shape index (κ3) is 4.38. The van der Waals surface area contributed by atoms with Crippen molar-refractivity contribution >= 4 is 17.5 Å². The molecule has 1 aliphatic carbocycles. The molecule has 0 spiro atoms. The van der Waals surface area contributed by atoms with Crippen LogP contribution >= 0.6 is 0 Å². The van der Waals surface area contributed by atoms with Gasteiger partial charge in [0.2, 0.25) is 0 Å². The highest BCUT2D eigenvalue weighted by atomic mass is 16.5. The lowest BCUT2D eigenvalue weighted by Gasteiger charge is -2.39. The first-order valence-corrected chi connectivity index (χ1v) is 14.4. The number of urea groups is 1. The van der Waals surface area contributed by atoms with Gasteiger partial charge in [0.1, 0.15) is 5.82 Å². The topological polar surface area (TPSA) is 111 Å². The summed E-state index contributed by atoms with van der Waals surface area (Å²) in [6.45, 7) is 1.05. The summed E-state index contributed by atoms with van der Waals surface area (Å²) in [6, 6.07) is 14.8. The van der Waals surface area contributed by atoms with Crippen molar-refractivity contribution < 1.29 is 9.53 Å². The van der Waals surface area contributed by atoms with Crippen LogP contribution in [0, 0.1) is 0 Å². The van der Waals surface area contributed by atoms with Crippen LogP contribution in [0.2, 0.25) is 0 Å². The van der Waals surface area contributed by atoms with Gasteiger partial charge in [0.25, 0.3) is 0 Å². The number of hydrogen-bond donors (Lipinski definition) is 2. The molecule has 3 aliphatic rings. The average Bonchev–Trinajstić information content (AvgIpc) is 3.67. The van der Waals surface area contributed by atoms with Gasteiger partial charge in [0.05, 0.1) is 24.2 Å². The van der Waals surface area contributed by atoms with E-state index in [-0.39, 0.29) is 24.0 Å². The van der Waals surface area contributed by atoms with Crippen LogP contribution in [0.25, 0.3) is 28.0 Å². The molecule has 4 aromatic rings. The van der Waals surface area contributed by atoms with Crippen LogP contribution in [0.4, 0.5) is 10.6 Å². The molecule has 206 valence electrons. The van der Waals surface area contributed by atoms with Gasteiger partial charge in [-0.25, -0.2) is 9.78 Å². The molecule has 5 heterocycles. The fourth-order valence-electron chi connectivity index (χ4n) is 6.77. The zero-order chi connectivity index (χ0) is 27.2. The number of benzene rings is 1. The molecule has 1 aromatic carbocycles. The third-order valence-electron chi connectivity index (χ3n) is 8.82. The lowest BCUT2D eigenvalue weighted by molar-refractivity contribution is 0.133. The Bertz CT molecular complexity index is 1520. The molecule has 40 heavy (non-hydrogen) atoms. The van der Waals surface area contributed by atoms with E-state index in [0.29, 0.717) is 24.9 Å². The molecule has 2 aliphatic heterocycles. The van der Waals surface area contributed by atoms with Crippen LogP contribution in [-0.2, 0) is 4.74 Å². The molecule has 7 rings (SSSR count). The highest BCUT2D eigenvalue weighted by molar-refractivity contribution is 5.79. The summed E-state index contributed by atoms with van der Waals surface area (Å²) in [5, 5.41) is 7.70. The van der Waals surface area contributed by atoms with Crippen molar-refractivity contribution in [2.75, 3.05) is 26.0 Å². The largest absolute Gasteiger partial charge is 0.383 e. The van der Waals surface area contributed by atoms with E-state index < -0.39 is 0 Å². The number of pyridine rings is 1. The van der Waals surface area contributed by atoms with Crippen LogP contribution < -0.4 is 11.1 Å². The monoisotopic (exact) mass is 537 g/mol. The second kappa shape index (κ2) is 10.2. The Morgan fingerprint density at radius 2 is 1.77 bits per heavy atom. The van der Waals surface area contributed by atoms with E-state index in [1.807, 2.05) is 41.2 Å². The zero-order valence-corrected chi connectivity index (χ0v) is 22.8. The standard InChI is InChI=1S/C31H35N7O2/c1-40-14-13-33-31(39)37-23-10-11-24(37)16-22(15-23)28-27(20-7-8-20)29(32)38-30(36-28)25(18-35-38)21-9-12-26(34-17-21)19-5-3-2-4-6-19/h2-6,9,12,17-18,20,22-24H,7-8,10-11,13-16,32H2,1H3,(H,33,39)/t22-,23+,24?/m1/s1. The first-order valence-electron chi connectivity index (χ1n) is 14.4. The molecule has 1 saturated carbocycles. The maximum absolute atomic E-state index is 13.0. The Morgan fingerprint density at radius 3 is 2.45 bits per heavy atom. The number of rotatable bonds is 7. The summed E-state index contributed by atoms with van der Waals surface area (Å²) in [6.07, 6.45) is 9.91. The second-order valence-electron chi connectivity index (χ2n) is 11.3. The first kappa shape index (κ1) is 25.0. The molecule has 9 heteroatoms. The summed E-state index contributed by atoms with van der Waals surface area (Å²) >= 11 is 0. The molecule has 2 bridgehead atoms. The fraction of sp³-hybridized carbons (Fsp3) is 0.419. The van der Waals surface area contributed by atoms with E-state index in [4.69, 9.17) is 20.4 Å². The number of aromatic nitrogens is 4. The van der Waals surface area contributed by atoms with Gasteiger partial charge in [-0.1, -0.05) is 36.4 Å². The number of nitrogen functional groups attached to an aromatic ring is 1. The molecule has 3 aromatic heterocycles. The smallest absolute Gasteiger partial charge is 0.317 e. The highest BCUT2D eigenvalue weighted by Crippen LogP contribution is 2.50. The summed E-state index contributed by atoms with van der Waals surface area (Å²) in [5.74, 6) is 1.42. The maximum Gasteiger partial charge on any atom is 0.317 e. The number of methoxy groups -OCH3 is 1. The molecule has 9 nitrogen and oxygen atoms in total. The first-order chi connectivity index (χ1) is 19.6. The van der Waals surface area contributed by atoms with Crippen molar-refractivity contribution in [2.45, 2.75) is 62.4 Å². The molecule has 3 atom stereocenters. The Kier molecular flexibility index (Phi) is 6.38. The molecular formula is C31H35N7O2. The third-order valence-corrected chi connectivity index (χ3v) is 8.82. The second-order valence-corrected chi connectivity index (χ2v) is 11.3. The predicted molar refractivity (Wildman–Crippen MR) is 154 cm³/mol. The number of fused-ring (bicyclic) bond motifs is 3. The number of nitrogens with two attached hydrogens (primary N) is 1. The minimum Gasteiger partial charge on any atom is -0.383 e. The van der Waals surface area contributed by atoms with Gasteiger partial charge < -0.3 is 20.7 Å². The van der Waals surface area contributed by atoms with Crippen molar-refractivity contribution in [1.82, 2.24) is 29.8 Å². The van der Waals surface area contributed by atoms with Gasteiger partial charge in [0, 0.05) is 60.1 Å². The number of nitrogens with zero attached hydrogens (tertiary/aromatic N) is 5. The quantitative estimate of drug-likeness (QED) is 0.322. The van der Waals surface area contributed by atoms with Crippen LogP contribution in [-0.4, -0.2) is 62.9 Å². The summed E-state index contributed by atoms with van der Waals surface area (Å²) in [7, 11) is 1.65. The van der Waals surface area contributed by atoms with Crippen molar-refractivity contribution in [1.29, 1.82) is 0 Å². The average molecular weight is 538 g/mol. The molecule has 0 radical (unpaired) electrons. The van der Waals surface area contributed by atoms with Crippen molar-refractivity contribution in [3.8, 4) is 22.4 Å². The molecular weight excluding hydrogens is 502 g/mol. The minimum absolute atomic E-state index is 0.0258. The van der Waals surface area contributed by atoms with Gasteiger partial charge in [-0.05, 0) is 50.5 Å². The Morgan fingerprint density at radius 1 is 1.00 bits per heavy atom. The fourth-order valence-corrected chi connectivity index (χ4v) is 6.77. The normalized spacial score (nSPS) is 22.1. The van der Waals surface area contributed by atoms with E-state index in [2.05, 4.69) is 33.5 Å². The Labute approximate surface area is 233 Å². The van der Waals surface area contributed by atoms with Crippen LogP contribution in [0.1, 0.15) is 61.6 Å². The van der Waals surface area contributed by atoms with Crippen molar-refractivity contribution in [3.63, 3.8) is 0 Å². The molecule has 3 N–H and O–H groups in total. The summed E-state index contributed by atoms with van der Waals surface area (Å²) in [4.78, 5) is 25.1. The van der Waals surface area contributed by atoms with Gasteiger partial charge in [-0.2, -0.15) is 9.61 Å².